The van der Waals surface area contributed by atoms with Gasteiger partial charge in [-0.15, -0.1) is 0 Å². The summed E-state index contributed by atoms with van der Waals surface area (Å²) in [6.45, 7) is 4.03. The van der Waals surface area contributed by atoms with Crippen molar-refractivity contribution in [1.29, 1.82) is 0 Å². The largest absolute Gasteiger partial charge is 0.478 e. The molecule has 2 nitrogen and oxygen atoms in total. The van der Waals surface area contributed by atoms with Crippen LogP contribution < -0.4 is 0 Å². The number of rotatable bonds is 4. The molecule has 0 bridgehead atoms. The molecule has 0 aliphatic heterocycles. The van der Waals surface area contributed by atoms with Gasteiger partial charge in [0.2, 0.25) is 0 Å². The predicted octanol–water partition coefficient (Wildman–Crippen LogP) is 4.54. The van der Waals surface area contributed by atoms with Gasteiger partial charge in [0.15, 0.2) is 0 Å². The van der Waals surface area contributed by atoms with Crippen molar-refractivity contribution in [3.05, 3.63) is 65.7 Å². The fourth-order valence-electron chi connectivity index (χ4n) is 2.16. The smallest absolute Gasteiger partial charge is 0.328 e. The van der Waals surface area contributed by atoms with Gasteiger partial charge < -0.3 is 5.11 Å². The van der Waals surface area contributed by atoms with Crippen LogP contribution in [-0.4, -0.2) is 11.1 Å². The molecule has 2 rings (SSSR count). The van der Waals surface area contributed by atoms with Crippen LogP contribution >= 0.6 is 0 Å². The molecule has 2 heteroatoms. The zero-order chi connectivity index (χ0) is 14.5. The van der Waals surface area contributed by atoms with Gasteiger partial charge in [-0.2, -0.15) is 0 Å². The first kappa shape index (κ1) is 14.1. The third-order valence-electron chi connectivity index (χ3n) is 3.32. The Balaban J connectivity index is 2.30. The normalized spacial score (nSPS) is 11.4. The van der Waals surface area contributed by atoms with E-state index in [4.69, 9.17) is 5.11 Å². The Morgan fingerprint density at radius 1 is 1.00 bits per heavy atom. The van der Waals surface area contributed by atoms with Crippen LogP contribution in [0.1, 0.15) is 24.5 Å². The highest BCUT2D eigenvalue weighted by molar-refractivity contribution is 5.90. The zero-order valence-corrected chi connectivity index (χ0v) is 11.8. The third-order valence-corrected chi connectivity index (χ3v) is 3.32. The number of carboxylic acid groups (broad SMARTS) is 1. The molecule has 0 fully saturated rings. The van der Waals surface area contributed by atoms with E-state index < -0.39 is 5.97 Å². The molecule has 1 N–H and O–H groups in total. The van der Waals surface area contributed by atoms with E-state index >= 15 is 0 Å². The SMILES string of the molecule is CC/C(=C\C(=O)O)c1ccc(-c2ccc(C)cc2)cc1. The molecule has 0 saturated heterocycles. The van der Waals surface area contributed by atoms with Crippen molar-refractivity contribution < 1.29 is 9.90 Å². The van der Waals surface area contributed by atoms with Crippen molar-refractivity contribution >= 4 is 11.5 Å². The second kappa shape index (κ2) is 6.20. The Bertz CT molecular complexity index is 619. The molecule has 0 radical (unpaired) electrons. The van der Waals surface area contributed by atoms with E-state index in [-0.39, 0.29) is 0 Å². The van der Waals surface area contributed by atoms with E-state index in [1.807, 2.05) is 31.2 Å². The number of hydrogen-bond acceptors (Lipinski definition) is 1. The lowest BCUT2D eigenvalue weighted by Gasteiger charge is -2.07. The molecule has 102 valence electrons. The molecule has 0 aliphatic rings. The molecule has 0 unspecified atom stereocenters. The first-order valence-electron chi connectivity index (χ1n) is 6.71. The van der Waals surface area contributed by atoms with Crippen LogP contribution in [0, 0.1) is 6.92 Å². The molecule has 2 aromatic rings. The van der Waals surface area contributed by atoms with Gasteiger partial charge in [-0.1, -0.05) is 61.0 Å². The second-order valence-electron chi connectivity index (χ2n) is 4.80. The Kier molecular flexibility index (Phi) is 4.36. The number of benzene rings is 2. The molecule has 0 aliphatic carbocycles. The van der Waals surface area contributed by atoms with E-state index in [1.165, 1.54) is 17.2 Å². The molecule has 20 heavy (non-hydrogen) atoms. The first-order chi connectivity index (χ1) is 9.60. The fourth-order valence-corrected chi connectivity index (χ4v) is 2.16. The van der Waals surface area contributed by atoms with Gasteiger partial charge in [-0.25, -0.2) is 4.79 Å². The number of aryl methyl sites for hydroxylation is 1. The van der Waals surface area contributed by atoms with Crippen molar-refractivity contribution in [3.63, 3.8) is 0 Å². The molecule has 0 atom stereocenters. The second-order valence-corrected chi connectivity index (χ2v) is 4.80. The lowest BCUT2D eigenvalue weighted by molar-refractivity contribution is -0.131. The van der Waals surface area contributed by atoms with Crippen molar-refractivity contribution in [2.45, 2.75) is 20.3 Å². The van der Waals surface area contributed by atoms with Gasteiger partial charge in [0.05, 0.1) is 0 Å². The number of carbonyl (C=O) groups is 1. The maximum Gasteiger partial charge on any atom is 0.328 e. The van der Waals surface area contributed by atoms with Crippen LogP contribution in [0.25, 0.3) is 16.7 Å². The summed E-state index contributed by atoms with van der Waals surface area (Å²) >= 11 is 0. The molecule has 0 amide bonds. The minimum absolute atomic E-state index is 0.705. The van der Waals surface area contributed by atoms with Gasteiger partial charge in [-0.3, -0.25) is 0 Å². The van der Waals surface area contributed by atoms with Crippen molar-refractivity contribution in [2.75, 3.05) is 0 Å². The monoisotopic (exact) mass is 266 g/mol. The maximum absolute atomic E-state index is 10.8. The van der Waals surface area contributed by atoms with Gasteiger partial charge in [0, 0.05) is 6.08 Å². The fraction of sp³-hybridized carbons (Fsp3) is 0.167. The summed E-state index contributed by atoms with van der Waals surface area (Å²) in [5.41, 5.74) is 5.35. The van der Waals surface area contributed by atoms with E-state index in [1.54, 1.807) is 0 Å². The molecular formula is C18H18O2. The lowest BCUT2D eigenvalue weighted by Crippen LogP contribution is -1.92. The van der Waals surface area contributed by atoms with Crippen LogP contribution in [0.4, 0.5) is 0 Å². The molecule has 0 aromatic heterocycles. The molecule has 2 aromatic carbocycles. The summed E-state index contributed by atoms with van der Waals surface area (Å²) in [6, 6.07) is 16.4. The first-order valence-corrected chi connectivity index (χ1v) is 6.71. The van der Waals surface area contributed by atoms with E-state index in [2.05, 4.69) is 31.2 Å². The van der Waals surface area contributed by atoms with Crippen molar-refractivity contribution in [2.24, 2.45) is 0 Å². The maximum atomic E-state index is 10.8. The van der Waals surface area contributed by atoms with Gasteiger partial charge >= 0.3 is 5.97 Å². The molecule has 0 spiro atoms. The number of allylic oxidation sites excluding steroid dienone is 1. The Hall–Kier alpha value is -2.35. The lowest BCUT2D eigenvalue weighted by atomic mass is 9.98. The summed E-state index contributed by atoms with van der Waals surface area (Å²) in [6.07, 6.45) is 1.98. The van der Waals surface area contributed by atoms with Crippen LogP contribution in [-0.2, 0) is 4.79 Å². The van der Waals surface area contributed by atoms with E-state index in [9.17, 15) is 4.79 Å². The quantitative estimate of drug-likeness (QED) is 0.825. The van der Waals surface area contributed by atoms with E-state index in [0.717, 1.165) is 16.7 Å². The zero-order valence-electron chi connectivity index (χ0n) is 11.8. The number of carboxylic acids is 1. The Morgan fingerprint density at radius 2 is 1.50 bits per heavy atom. The van der Waals surface area contributed by atoms with Gasteiger partial charge in [-0.05, 0) is 35.6 Å². The minimum atomic E-state index is -0.899. The molecule has 0 saturated carbocycles. The highest BCUT2D eigenvalue weighted by Gasteiger charge is 2.03. The van der Waals surface area contributed by atoms with Crippen molar-refractivity contribution in [3.8, 4) is 11.1 Å². The summed E-state index contributed by atoms with van der Waals surface area (Å²) in [7, 11) is 0. The Morgan fingerprint density at radius 3 is 1.95 bits per heavy atom. The van der Waals surface area contributed by atoms with Crippen LogP contribution in [0.2, 0.25) is 0 Å². The highest BCUT2D eigenvalue weighted by Crippen LogP contribution is 2.24. The summed E-state index contributed by atoms with van der Waals surface area (Å²) in [4.78, 5) is 10.8. The van der Waals surface area contributed by atoms with Gasteiger partial charge in [0.25, 0.3) is 0 Å². The standard InChI is InChI=1S/C18H18O2/c1-3-14(12-18(19)20)15-8-10-17(11-9-15)16-6-4-13(2)5-7-16/h4-12H,3H2,1-2H3,(H,19,20)/b14-12+. The highest BCUT2D eigenvalue weighted by atomic mass is 16.4. The average Bonchev–Trinajstić information content (AvgIpc) is 2.46. The average molecular weight is 266 g/mol. The predicted molar refractivity (Wildman–Crippen MR) is 82.5 cm³/mol. The third kappa shape index (κ3) is 3.35. The van der Waals surface area contributed by atoms with Crippen LogP contribution in [0.3, 0.4) is 0 Å². The topological polar surface area (TPSA) is 37.3 Å². The summed E-state index contributed by atoms with van der Waals surface area (Å²) < 4.78 is 0. The Labute approximate surface area is 119 Å². The number of hydrogen-bond donors (Lipinski definition) is 1. The minimum Gasteiger partial charge on any atom is -0.478 e. The van der Waals surface area contributed by atoms with Gasteiger partial charge in [0.1, 0.15) is 0 Å². The van der Waals surface area contributed by atoms with Crippen LogP contribution in [0.5, 0.6) is 0 Å². The van der Waals surface area contributed by atoms with Crippen molar-refractivity contribution in [1.82, 2.24) is 0 Å². The summed E-state index contributed by atoms with van der Waals surface area (Å²) in [5.74, 6) is -0.899. The summed E-state index contributed by atoms with van der Waals surface area (Å²) in [5, 5.41) is 8.86. The van der Waals surface area contributed by atoms with Crippen LogP contribution in [0.15, 0.2) is 54.6 Å². The molecular weight excluding hydrogens is 248 g/mol. The number of aliphatic carboxylic acids is 1. The molecule has 0 heterocycles. The van der Waals surface area contributed by atoms with E-state index in [0.29, 0.717) is 6.42 Å².